The van der Waals surface area contributed by atoms with Crippen molar-refractivity contribution in [2.45, 2.75) is 31.4 Å². The number of halogens is 1. The van der Waals surface area contributed by atoms with Crippen LogP contribution in [0.25, 0.3) is 0 Å². The summed E-state index contributed by atoms with van der Waals surface area (Å²) >= 11 is 2.00. The van der Waals surface area contributed by atoms with Gasteiger partial charge in [0.05, 0.1) is 6.54 Å². The third kappa shape index (κ3) is 5.98. The smallest absolute Gasteiger partial charge is 0.188 e. The molecule has 0 bridgehead atoms. The van der Waals surface area contributed by atoms with Crippen LogP contribution in [0.4, 0.5) is 0 Å². The number of aliphatic imine (C=N–C) groups is 1. The molecule has 1 heterocycles. The summed E-state index contributed by atoms with van der Waals surface area (Å²) in [5.74, 6) is 1.79. The highest BCUT2D eigenvalue weighted by atomic mass is 127. The third-order valence-electron chi connectivity index (χ3n) is 2.46. The molecule has 0 aromatic rings. The summed E-state index contributed by atoms with van der Waals surface area (Å²) in [4.78, 5) is 4.37. The Bertz CT molecular complexity index is 260. The fraction of sp³-hybridized carbons (Fsp3) is 0.727. The minimum Gasteiger partial charge on any atom is -0.370 e. The van der Waals surface area contributed by atoms with Crippen molar-refractivity contribution in [1.29, 1.82) is 0 Å². The lowest BCUT2D eigenvalue weighted by molar-refractivity contribution is 0.617. The highest BCUT2D eigenvalue weighted by molar-refractivity contribution is 14.0. The highest BCUT2D eigenvalue weighted by Crippen LogP contribution is 2.37. The van der Waals surface area contributed by atoms with E-state index >= 15 is 0 Å². The Morgan fingerprint density at radius 3 is 2.81 bits per heavy atom. The number of hydrogen-bond donors (Lipinski definition) is 2. The fourth-order valence-corrected chi connectivity index (χ4v) is 2.74. The molecule has 0 amide bonds. The van der Waals surface area contributed by atoms with E-state index in [0.717, 1.165) is 12.1 Å². The molecular weight excluding hydrogens is 333 g/mol. The molecular formula is C11H22IN3S. The van der Waals surface area contributed by atoms with Crippen LogP contribution in [0, 0.1) is 0 Å². The number of rotatable bonds is 4. The minimum atomic E-state index is 0. The molecule has 0 radical (unpaired) electrons. The second-order valence-corrected chi connectivity index (χ2v) is 6.10. The molecule has 1 aliphatic heterocycles. The van der Waals surface area contributed by atoms with E-state index < -0.39 is 0 Å². The summed E-state index contributed by atoms with van der Waals surface area (Å²) in [7, 11) is 0. The summed E-state index contributed by atoms with van der Waals surface area (Å²) in [6.07, 6.45) is 2.55. The van der Waals surface area contributed by atoms with E-state index in [0.29, 0.717) is 17.3 Å². The van der Waals surface area contributed by atoms with E-state index in [1.807, 2.05) is 18.7 Å². The summed E-state index contributed by atoms with van der Waals surface area (Å²) in [6.45, 7) is 9.55. The van der Waals surface area contributed by atoms with Crippen LogP contribution in [0.2, 0.25) is 0 Å². The van der Waals surface area contributed by atoms with Gasteiger partial charge in [0, 0.05) is 11.3 Å². The van der Waals surface area contributed by atoms with E-state index in [9.17, 15) is 0 Å². The van der Waals surface area contributed by atoms with Gasteiger partial charge >= 0.3 is 0 Å². The first-order valence-electron chi connectivity index (χ1n) is 5.34. The summed E-state index contributed by atoms with van der Waals surface area (Å²) in [5.41, 5.74) is 6.81. The third-order valence-corrected chi connectivity index (χ3v) is 3.98. The average molecular weight is 355 g/mol. The average Bonchev–Trinajstić information content (AvgIpc) is 2.60. The molecule has 1 aliphatic rings. The molecule has 0 aliphatic carbocycles. The van der Waals surface area contributed by atoms with Crippen molar-refractivity contribution >= 4 is 41.7 Å². The Morgan fingerprint density at radius 2 is 2.31 bits per heavy atom. The van der Waals surface area contributed by atoms with Crippen molar-refractivity contribution in [3.8, 4) is 0 Å². The molecule has 0 aromatic heterocycles. The lowest BCUT2D eigenvalue weighted by Gasteiger charge is -2.19. The molecule has 5 heteroatoms. The number of guanidine groups is 1. The molecule has 0 spiro atoms. The molecule has 3 N–H and O–H groups in total. The van der Waals surface area contributed by atoms with Crippen molar-refractivity contribution in [2.75, 3.05) is 18.8 Å². The molecule has 1 fully saturated rings. The summed E-state index contributed by atoms with van der Waals surface area (Å²) < 4.78 is 0.301. The maximum atomic E-state index is 5.75. The van der Waals surface area contributed by atoms with E-state index in [1.54, 1.807) is 0 Å². The monoisotopic (exact) mass is 355 g/mol. The van der Waals surface area contributed by atoms with Gasteiger partial charge in [-0.05, 0) is 32.4 Å². The van der Waals surface area contributed by atoms with Gasteiger partial charge in [0.1, 0.15) is 0 Å². The van der Waals surface area contributed by atoms with E-state index in [2.05, 4.69) is 23.8 Å². The maximum Gasteiger partial charge on any atom is 0.188 e. The Balaban J connectivity index is 0.00000225. The molecule has 1 atom stereocenters. The van der Waals surface area contributed by atoms with Crippen molar-refractivity contribution < 1.29 is 0 Å². The zero-order valence-corrected chi connectivity index (χ0v) is 13.2. The quantitative estimate of drug-likeness (QED) is 0.352. The molecule has 1 rings (SSSR count). The SMILES string of the molecule is C=C(C)CNC(N)=NCC1(C)CCCS1.I. The second-order valence-electron chi connectivity index (χ2n) is 4.41. The Labute approximate surface area is 120 Å². The molecule has 0 aromatic carbocycles. The van der Waals surface area contributed by atoms with Crippen LogP contribution in [0.5, 0.6) is 0 Å². The number of hydrogen-bond acceptors (Lipinski definition) is 2. The molecule has 94 valence electrons. The minimum absolute atomic E-state index is 0. The largest absolute Gasteiger partial charge is 0.370 e. The lowest BCUT2D eigenvalue weighted by atomic mass is 10.1. The van der Waals surface area contributed by atoms with Gasteiger partial charge in [-0.2, -0.15) is 11.8 Å². The zero-order chi connectivity index (χ0) is 11.3. The highest BCUT2D eigenvalue weighted by Gasteiger charge is 2.28. The van der Waals surface area contributed by atoms with E-state index in [1.165, 1.54) is 18.6 Å². The first kappa shape index (κ1) is 16.1. The summed E-state index contributed by atoms with van der Waals surface area (Å²) in [5, 5.41) is 3.04. The van der Waals surface area contributed by atoms with Gasteiger partial charge in [0.15, 0.2) is 5.96 Å². The Kier molecular flexibility index (Phi) is 7.46. The van der Waals surface area contributed by atoms with Crippen LogP contribution in [0.15, 0.2) is 17.1 Å². The number of nitrogens with one attached hydrogen (secondary N) is 1. The van der Waals surface area contributed by atoms with Crippen molar-refractivity contribution in [1.82, 2.24) is 5.32 Å². The molecule has 0 saturated carbocycles. The normalized spacial score (nSPS) is 25.0. The van der Waals surface area contributed by atoms with Crippen LogP contribution in [0.1, 0.15) is 26.7 Å². The second kappa shape index (κ2) is 7.42. The first-order chi connectivity index (χ1) is 7.02. The van der Waals surface area contributed by atoms with Crippen LogP contribution in [-0.2, 0) is 0 Å². The lowest BCUT2D eigenvalue weighted by Crippen LogP contribution is -2.34. The number of nitrogens with two attached hydrogens (primary N) is 1. The van der Waals surface area contributed by atoms with Gasteiger partial charge in [-0.25, -0.2) is 0 Å². The predicted octanol–water partition coefficient (Wildman–Crippen LogP) is 2.37. The van der Waals surface area contributed by atoms with Crippen molar-refractivity contribution in [2.24, 2.45) is 10.7 Å². The molecule has 1 saturated heterocycles. The van der Waals surface area contributed by atoms with E-state index in [4.69, 9.17) is 5.73 Å². The van der Waals surface area contributed by atoms with E-state index in [-0.39, 0.29) is 24.0 Å². The molecule has 3 nitrogen and oxygen atoms in total. The number of thioether (sulfide) groups is 1. The van der Waals surface area contributed by atoms with Crippen LogP contribution >= 0.6 is 35.7 Å². The topological polar surface area (TPSA) is 50.4 Å². The fourth-order valence-electron chi connectivity index (χ4n) is 1.51. The van der Waals surface area contributed by atoms with Gasteiger partial charge in [-0.3, -0.25) is 4.99 Å². The molecule has 1 unspecified atom stereocenters. The summed E-state index contributed by atoms with van der Waals surface area (Å²) in [6, 6.07) is 0. The zero-order valence-electron chi connectivity index (χ0n) is 10.1. The first-order valence-corrected chi connectivity index (χ1v) is 6.32. The van der Waals surface area contributed by atoms with Gasteiger partial charge in [0.25, 0.3) is 0 Å². The van der Waals surface area contributed by atoms with Crippen LogP contribution in [-0.4, -0.2) is 29.5 Å². The van der Waals surface area contributed by atoms with Crippen molar-refractivity contribution in [3.63, 3.8) is 0 Å². The Morgan fingerprint density at radius 1 is 1.62 bits per heavy atom. The predicted molar refractivity (Wildman–Crippen MR) is 84.8 cm³/mol. The van der Waals surface area contributed by atoms with Gasteiger partial charge in [-0.1, -0.05) is 12.2 Å². The van der Waals surface area contributed by atoms with Gasteiger partial charge in [-0.15, -0.1) is 24.0 Å². The van der Waals surface area contributed by atoms with Crippen LogP contribution < -0.4 is 11.1 Å². The molecule has 16 heavy (non-hydrogen) atoms. The van der Waals surface area contributed by atoms with Crippen LogP contribution in [0.3, 0.4) is 0 Å². The number of nitrogens with zero attached hydrogens (tertiary/aromatic N) is 1. The standard InChI is InChI=1S/C11H21N3S.HI/c1-9(2)7-13-10(12)14-8-11(3)5-4-6-15-11;/h1,4-8H2,2-3H3,(H3,12,13,14);1H. The van der Waals surface area contributed by atoms with Crippen molar-refractivity contribution in [3.05, 3.63) is 12.2 Å². The van der Waals surface area contributed by atoms with Gasteiger partial charge < -0.3 is 11.1 Å². The van der Waals surface area contributed by atoms with Gasteiger partial charge in [0.2, 0.25) is 0 Å². The Hall–Kier alpha value is 0.0900. The maximum absolute atomic E-state index is 5.75.